The van der Waals surface area contributed by atoms with Crippen molar-refractivity contribution >= 4 is 6.03 Å². The SMILES string of the molecule is C=CCN(N=O)C(N)=O. The average Bonchev–Trinajstić information content (AvgIpc) is 1.82. The maximum absolute atomic E-state index is 10.1. The highest BCUT2D eigenvalue weighted by molar-refractivity contribution is 5.71. The smallest absolute Gasteiger partial charge is 0.338 e. The molecule has 0 aliphatic carbocycles. The second kappa shape index (κ2) is 3.59. The zero-order valence-corrected chi connectivity index (χ0v) is 4.78. The van der Waals surface area contributed by atoms with Crippen LogP contribution in [0.4, 0.5) is 4.79 Å². The van der Waals surface area contributed by atoms with Crippen LogP contribution in [0.15, 0.2) is 17.9 Å². The predicted octanol–water partition coefficient (Wildman–Crippen LogP) is 0.235. The van der Waals surface area contributed by atoms with Gasteiger partial charge in [-0.05, 0) is 0 Å². The van der Waals surface area contributed by atoms with Gasteiger partial charge >= 0.3 is 6.03 Å². The van der Waals surface area contributed by atoms with E-state index in [4.69, 9.17) is 0 Å². The summed E-state index contributed by atoms with van der Waals surface area (Å²) in [5.74, 6) is 0. The lowest BCUT2D eigenvalue weighted by Gasteiger charge is -2.04. The molecule has 0 saturated heterocycles. The van der Waals surface area contributed by atoms with Crippen LogP contribution in [0.2, 0.25) is 0 Å². The second-order valence-electron chi connectivity index (χ2n) is 1.29. The van der Waals surface area contributed by atoms with Crippen LogP contribution in [-0.4, -0.2) is 17.6 Å². The fourth-order valence-electron chi connectivity index (χ4n) is 0.286. The van der Waals surface area contributed by atoms with Gasteiger partial charge in [0.05, 0.1) is 11.8 Å². The highest BCUT2D eigenvalue weighted by atomic mass is 16.3. The van der Waals surface area contributed by atoms with E-state index in [1.807, 2.05) is 0 Å². The Labute approximate surface area is 52.1 Å². The molecule has 2 N–H and O–H groups in total. The van der Waals surface area contributed by atoms with Gasteiger partial charge in [-0.15, -0.1) is 11.5 Å². The van der Waals surface area contributed by atoms with Gasteiger partial charge in [0.25, 0.3) is 0 Å². The Hall–Kier alpha value is -1.39. The van der Waals surface area contributed by atoms with Crippen molar-refractivity contribution in [1.29, 1.82) is 0 Å². The summed E-state index contributed by atoms with van der Waals surface area (Å²) in [5.41, 5.74) is 4.68. The zero-order valence-electron chi connectivity index (χ0n) is 4.78. The predicted molar refractivity (Wildman–Crippen MR) is 32.3 cm³/mol. The van der Waals surface area contributed by atoms with E-state index in [-0.39, 0.29) is 6.54 Å². The van der Waals surface area contributed by atoms with E-state index in [1.54, 1.807) is 0 Å². The Kier molecular flexibility index (Phi) is 3.04. The number of amides is 2. The molecule has 0 radical (unpaired) electrons. The standard InChI is InChI=1S/C4H7N3O2/c1-2-3-7(6-9)4(5)8/h2H,1,3H2,(H2,5,8). The fourth-order valence-corrected chi connectivity index (χ4v) is 0.286. The number of hydrogen-bond donors (Lipinski definition) is 1. The number of nitroso groups, excluding NO2 is 1. The summed E-state index contributed by atoms with van der Waals surface area (Å²) in [6.45, 7) is 3.34. The Bertz CT molecular complexity index is 134. The number of nitrogens with zero attached hydrogens (tertiary/aromatic N) is 2. The molecule has 0 aliphatic heterocycles. The largest absolute Gasteiger partial charge is 0.350 e. The van der Waals surface area contributed by atoms with Gasteiger partial charge in [0.1, 0.15) is 0 Å². The van der Waals surface area contributed by atoms with Crippen molar-refractivity contribution in [2.45, 2.75) is 0 Å². The van der Waals surface area contributed by atoms with Crippen molar-refractivity contribution in [3.63, 3.8) is 0 Å². The molecule has 0 fully saturated rings. The molecule has 5 heteroatoms. The van der Waals surface area contributed by atoms with Crippen LogP contribution < -0.4 is 5.73 Å². The summed E-state index contributed by atoms with van der Waals surface area (Å²) in [6.07, 6.45) is 1.35. The summed E-state index contributed by atoms with van der Waals surface area (Å²) in [6, 6.07) is -0.870. The first kappa shape index (κ1) is 7.61. The van der Waals surface area contributed by atoms with Gasteiger partial charge in [-0.1, -0.05) is 6.08 Å². The Morgan fingerprint density at radius 2 is 2.44 bits per heavy atom. The summed E-state index contributed by atoms with van der Waals surface area (Å²) in [7, 11) is 0. The Balaban J connectivity index is 3.81. The van der Waals surface area contributed by atoms with Gasteiger partial charge in [-0.3, -0.25) is 0 Å². The molecule has 0 aromatic rings. The summed E-state index contributed by atoms with van der Waals surface area (Å²) in [4.78, 5) is 19.8. The van der Waals surface area contributed by atoms with Crippen LogP contribution in [0.1, 0.15) is 0 Å². The fraction of sp³-hybridized carbons (Fsp3) is 0.250. The topological polar surface area (TPSA) is 75.8 Å². The van der Waals surface area contributed by atoms with E-state index < -0.39 is 6.03 Å². The summed E-state index contributed by atoms with van der Waals surface area (Å²) < 4.78 is 0. The minimum Gasteiger partial charge on any atom is -0.350 e. The summed E-state index contributed by atoms with van der Waals surface area (Å²) >= 11 is 0. The van der Waals surface area contributed by atoms with Crippen LogP contribution in [-0.2, 0) is 0 Å². The maximum atomic E-state index is 10.1. The number of carbonyl (C=O) groups is 1. The van der Waals surface area contributed by atoms with Gasteiger partial charge in [0.2, 0.25) is 0 Å². The highest BCUT2D eigenvalue weighted by Crippen LogP contribution is 1.86. The number of hydrogen-bond acceptors (Lipinski definition) is 3. The molecule has 50 valence electrons. The van der Waals surface area contributed by atoms with Crippen LogP contribution in [0, 0.1) is 4.91 Å². The van der Waals surface area contributed by atoms with Gasteiger partial charge < -0.3 is 5.73 Å². The monoisotopic (exact) mass is 129 g/mol. The first-order chi connectivity index (χ1) is 4.22. The van der Waals surface area contributed by atoms with Crippen molar-refractivity contribution in [3.05, 3.63) is 17.6 Å². The third-order valence-electron chi connectivity index (χ3n) is 0.655. The van der Waals surface area contributed by atoms with E-state index in [0.29, 0.717) is 5.01 Å². The lowest BCUT2D eigenvalue weighted by atomic mass is 10.6. The highest BCUT2D eigenvalue weighted by Gasteiger charge is 2.04. The van der Waals surface area contributed by atoms with Crippen LogP contribution in [0.25, 0.3) is 0 Å². The lowest BCUT2D eigenvalue weighted by Crippen LogP contribution is -2.30. The molecular weight excluding hydrogens is 122 g/mol. The molecule has 0 spiro atoms. The van der Waals surface area contributed by atoms with E-state index in [2.05, 4.69) is 17.6 Å². The average molecular weight is 129 g/mol. The molecule has 0 rings (SSSR count). The van der Waals surface area contributed by atoms with Crippen LogP contribution >= 0.6 is 0 Å². The molecule has 9 heavy (non-hydrogen) atoms. The molecule has 0 bridgehead atoms. The van der Waals surface area contributed by atoms with Gasteiger partial charge in [0, 0.05) is 0 Å². The van der Waals surface area contributed by atoms with Crippen molar-refractivity contribution in [3.8, 4) is 0 Å². The minimum absolute atomic E-state index is 0.0544. The third kappa shape index (κ3) is 2.43. The van der Waals surface area contributed by atoms with Crippen molar-refractivity contribution in [1.82, 2.24) is 5.01 Å². The molecule has 0 aromatic heterocycles. The number of urea groups is 1. The first-order valence-electron chi connectivity index (χ1n) is 2.23. The van der Waals surface area contributed by atoms with Gasteiger partial charge in [0.15, 0.2) is 0 Å². The van der Waals surface area contributed by atoms with Crippen molar-refractivity contribution in [2.24, 2.45) is 11.0 Å². The second-order valence-corrected chi connectivity index (χ2v) is 1.29. The van der Waals surface area contributed by atoms with E-state index in [1.165, 1.54) is 6.08 Å². The Morgan fingerprint density at radius 3 is 2.56 bits per heavy atom. The number of nitrogens with two attached hydrogens (primary N) is 1. The molecule has 5 nitrogen and oxygen atoms in total. The van der Waals surface area contributed by atoms with Crippen LogP contribution in [0.3, 0.4) is 0 Å². The minimum atomic E-state index is -0.870. The van der Waals surface area contributed by atoms with E-state index in [9.17, 15) is 9.70 Å². The van der Waals surface area contributed by atoms with Crippen molar-refractivity contribution < 1.29 is 4.79 Å². The molecule has 2 amide bonds. The molecule has 0 heterocycles. The number of rotatable bonds is 3. The summed E-state index contributed by atoms with van der Waals surface area (Å²) in [5, 5.41) is 2.88. The molecular formula is C4H7N3O2. The molecule has 0 saturated carbocycles. The number of carbonyl (C=O) groups excluding carboxylic acids is 1. The van der Waals surface area contributed by atoms with Crippen LogP contribution in [0.5, 0.6) is 0 Å². The van der Waals surface area contributed by atoms with Gasteiger partial charge in [-0.25, -0.2) is 4.79 Å². The van der Waals surface area contributed by atoms with Crippen molar-refractivity contribution in [2.75, 3.05) is 6.54 Å². The zero-order chi connectivity index (χ0) is 7.28. The first-order valence-corrected chi connectivity index (χ1v) is 2.23. The molecule has 0 atom stereocenters. The van der Waals surface area contributed by atoms with E-state index >= 15 is 0 Å². The maximum Gasteiger partial charge on any atom is 0.338 e. The normalized spacial score (nSPS) is 8.00. The third-order valence-corrected chi connectivity index (χ3v) is 0.655. The quantitative estimate of drug-likeness (QED) is 0.336. The molecule has 0 aromatic carbocycles. The molecule has 0 unspecified atom stereocenters. The lowest BCUT2D eigenvalue weighted by molar-refractivity contribution is 0.214. The van der Waals surface area contributed by atoms with E-state index in [0.717, 1.165) is 0 Å². The molecule has 0 aliphatic rings. The van der Waals surface area contributed by atoms with Gasteiger partial charge in [-0.2, -0.15) is 5.01 Å². The Morgan fingerprint density at radius 1 is 1.89 bits per heavy atom. The number of primary amides is 1.